The number of para-hydroxylation sites is 1. The van der Waals surface area contributed by atoms with Gasteiger partial charge in [0.25, 0.3) is 0 Å². The minimum Gasteiger partial charge on any atom is -0.492 e. The number of nitrogens with zero attached hydrogens (tertiary/aromatic N) is 1. The molecule has 0 aromatic heterocycles. The van der Waals surface area contributed by atoms with E-state index in [0.717, 1.165) is 31.0 Å². The second kappa shape index (κ2) is 8.95. The summed E-state index contributed by atoms with van der Waals surface area (Å²) < 4.78 is 5.78. The van der Waals surface area contributed by atoms with E-state index < -0.39 is 0 Å². The fraction of sp³-hybridized carbons (Fsp3) is 0.600. The van der Waals surface area contributed by atoms with E-state index in [1.165, 1.54) is 19.3 Å². The molecule has 0 spiro atoms. The standard InChI is InChI=1S/C15H26N2O/c1-3-4-7-10-17(2)11-12-18-15-9-6-5-8-14(15)13-16/h5-6,8-9H,3-4,7,10-13,16H2,1-2H3. The lowest BCUT2D eigenvalue weighted by molar-refractivity contribution is 0.233. The Morgan fingerprint density at radius 3 is 2.67 bits per heavy atom. The normalized spacial score (nSPS) is 10.9. The number of ether oxygens (including phenoxy) is 1. The average molecular weight is 250 g/mol. The second-order valence-corrected chi connectivity index (χ2v) is 4.67. The van der Waals surface area contributed by atoms with E-state index in [2.05, 4.69) is 18.9 Å². The van der Waals surface area contributed by atoms with Gasteiger partial charge in [0.15, 0.2) is 0 Å². The van der Waals surface area contributed by atoms with Crippen LogP contribution in [0.25, 0.3) is 0 Å². The molecule has 0 bridgehead atoms. The maximum absolute atomic E-state index is 5.78. The average Bonchev–Trinajstić information content (AvgIpc) is 2.39. The topological polar surface area (TPSA) is 38.5 Å². The number of benzene rings is 1. The predicted molar refractivity (Wildman–Crippen MR) is 76.9 cm³/mol. The van der Waals surface area contributed by atoms with Crippen LogP contribution in [0.5, 0.6) is 5.75 Å². The molecule has 3 nitrogen and oxygen atoms in total. The number of hydrogen-bond donors (Lipinski definition) is 1. The molecule has 0 radical (unpaired) electrons. The third-order valence-corrected chi connectivity index (χ3v) is 3.07. The highest BCUT2D eigenvalue weighted by molar-refractivity contribution is 5.32. The minimum absolute atomic E-state index is 0.530. The van der Waals surface area contributed by atoms with E-state index in [4.69, 9.17) is 10.5 Å². The number of likely N-dealkylation sites (N-methyl/N-ethyl adjacent to an activating group) is 1. The summed E-state index contributed by atoms with van der Waals surface area (Å²) in [7, 11) is 2.15. The predicted octanol–water partition coefficient (Wildman–Crippen LogP) is 2.65. The van der Waals surface area contributed by atoms with Crippen LogP contribution in [0.3, 0.4) is 0 Å². The summed E-state index contributed by atoms with van der Waals surface area (Å²) in [4.78, 5) is 2.32. The van der Waals surface area contributed by atoms with E-state index in [1.54, 1.807) is 0 Å². The molecule has 0 saturated heterocycles. The zero-order chi connectivity index (χ0) is 13.2. The van der Waals surface area contributed by atoms with Gasteiger partial charge in [0.05, 0.1) is 0 Å². The van der Waals surface area contributed by atoms with Crippen molar-refractivity contribution in [3.05, 3.63) is 29.8 Å². The van der Waals surface area contributed by atoms with Crippen LogP contribution in [-0.4, -0.2) is 31.6 Å². The highest BCUT2D eigenvalue weighted by Gasteiger charge is 2.02. The third kappa shape index (κ3) is 5.52. The molecule has 0 heterocycles. The van der Waals surface area contributed by atoms with E-state index >= 15 is 0 Å². The Labute approximate surface area is 111 Å². The molecule has 0 aliphatic heterocycles. The molecule has 0 fully saturated rings. The molecule has 1 rings (SSSR count). The van der Waals surface area contributed by atoms with Crippen LogP contribution in [0, 0.1) is 0 Å². The summed E-state index contributed by atoms with van der Waals surface area (Å²) >= 11 is 0. The molecule has 3 heteroatoms. The van der Waals surface area contributed by atoms with Crippen molar-refractivity contribution in [3.8, 4) is 5.75 Å². The number of rotatable bonds is 9. The second-order valence-electron chi connectivity index (χ2n) is 4.67. The monoisotopic (exact) mass is 250 g/mol. The lowest BCUT2D eigenvalue weighted by Crippen LogP contribution is -2.25. The highest BCUT2D eigenvalue weighted by Crippen LogP contribution is 2.16. The quantitative estimate of drug-likeness (QED) is 0.685. The van der Waals surface area contributed by atoms with Crippen molar-refractivity contribution in [2.45, 2.75) is 32.7 Å². The Morgan fingerprint density at radius 2 is 1.94 bits per heavy atom. The lowest BCUT2D eigenvalue weighted by atomic mass is 10.2. The van der Waals surface area contributed by atoms with Crippen molar-refractivity contribution < 1.29 is 4.74 Å². The third-order valence-electron chi connectivity index (χ3n) is 3.07. The molecule has 1 aromatic carbocycles. The number of hydrogen-bond acceptors (Lipinski definition) is 3. The summed E-state index contributed by atoms with van der Waals surface area (Å²) in [6.07, 6.45) is 3.85. The molecule has 1 aromatic rings. The first-order valence-electron chi connectivity index (χ1n) is 6.87. The van der Waals surface area contributed by atoms with Crippen LogP contribution in [0.4, 0.5) is 0 Å². The summed E-state index contributed by atoms with van der Waals surface area (Å²) in [5, 5.41) is 0. The number of unbranched alkanes of at least 4 members (excludes halogenated alkanes) is 2. The molecule has 18 heavy (non-hydrogen) atoms. The van der Waals surface area contributed by atoms with Crippen LogP contribution in [0.15, 0.2) is 24.3 Å². The molecule has 0 unspecified atom stereocenters. The van der Waals surface area contributed by atoms with Crippen LogP contribution in [-0.2, 0) is 6.54 Å². The van der Waals surface area contributed by atoms with Gasteiger partial charge in [-0.2, -0.15) is 0 Å². The summed E-state index contributed by atoms with van der Waals surface area (Å²) in [5.41, 5.74) is 6.75. The van der Waals surface area contributed by atoms with Gasteiger partial charge in [-0.25, -0.2) is 0 Å². The molecular formula is C15H26N2O. The molecule has 0 atom stereocenters. The van der Waals surface area contributed by atoms with Crippen molar-refractivity contribution >= 4 is 0 Å². The van der Waals surface area contributed by atoms with Crippen LogP contribution in [0.1, 0.15) is 31.7 Å². The summed E-state index contributed by atoms with van der Waals surface area (Å²) in [5.74, 6) is 0.918. The summed E-state index contributed by atoms with van der Waals surface area (Å²) in [6, 6.07) is 7.98. The van der Waals surface area contributed by atoms with Crippen molar-refractivity contribution in [3.63, 3.8) is 0 Å². The first kappa shape index (κ1) is 15.0. The van der Waals surface area contributed by atoms with Crippen LogP contribution >= 0.6 is 0 Å². The number of nitrogens with two attached hydrogens (primary N) is 1. The smallest absolute Gasteiger partial charge is 0.123 e. The first-order valence-corrected chi connectivity index (χ1v) is 6.87. The van der Waals surface area contributed by atoms with Gasteiger partial charge < -0.3 is 15.4 Å². The Kier molecular flexibility index (Phi) is 7.46. The van der Waals surface area contributed by atoms with Crippen LogP contribution < -0.4 is 10.5 Å². The van der Waals surface area contributed by atoms with Gasteiger partial charge >= 0.3 is 0 Å². The van der Waals surface area contributed by atoms with Gasteiger partial charge in [0, 0.05) is 18.7 Å². The van der Waals surface area contributed by atoms with Crippen molar-refractivity contribution in [1.29, 1.82) is 0 Å². The Bertz CT molecular complexity index is 328. The molecular weight excluding hydrogens is 224 g/mol. The van der Waals surface area contributed by atoms with Gasteiger partial charge in [-0.05, 0) is 26.1 Å². The molecule has 0 aliphatic carbocycles. The van der Waals surface area contributed by atoms with Gasteiger partial charge in [-0.3, -0.25) is 0 Å². The maximum Gasteiger partial charge on any atom is 0.123 e. The highest BCUT2D eigenvalue weighted by atomic mass is 16.5. The van der Waals surface area contributed by atoms with E-state index in [1.807, 2.05) is 24.3 Å². The van der Waals surface area contributed by atoms with E-state index in [9.17, 15) is 0 Å². The summed E-state index contributed by atoms with van der Waals surface area (Å²) in [6.45, 7) is 5.59. The zero-order valence-electron chi connectivity index (χ0n) is 11.7. The van der Waals surface area contributed by atoms with Crippen molar-refractivity contribution in [2.75, 3.05) is 26.7 Å². The van der Waals surface area contributed by atoms with Crippen LogP contribution in [0.2, 0.25) is 0 Å². The minimum atomic E-state index is 0.530. The fourth-order valence-electron chi connectivity index (χ4n) is 1.87. The largest absolute Gasteiger partial charge is 0.492 e. The molecule has 0 amide bonds. The Balaban J connectivity index is 2.24. The SMILES string of the molecule is CCCCCN(C)CCOc1ccccc1CN. The van der Waals surface area contributed by atoms with Crippen molar-refractivity contribution in [2.24, 2.45) is 5.73 Å². The van der Waals surface area contributed by atoms with Gasteiger partial charge in [-0.15, -0.1) is 0 Å². The van der Waals surface area contributed by atoms with E-state index in [0.29, 0.717) is 6.54 Å². The van der Waals surface area contributed by atoms with E-state index in [-0.39, 0.29) is 0 Å². The molecule has 2 N–H and O–H groups in total. The van der Waals surface area contributed by atoms with Gasteiger partial charge in [0.1, 0.15) is 12.4 Å². The van der Waals surface area contributed by atoms with Gasteiger partial charge in [0.2, 0.25) is 0 Å². The lowest BCUT2D eigenvalue weighted by Gasteiger charge is -2.17. The van der Waals surface area contributed by atoms with Crippen molar-refractivity contribution in [1.82, 2.24) is 4.90 Å². The maximum atomic E-state index is 5.78. The molecule has 0 saturated carbocycles. The fourth-order valence-corrected chi connectivity index (χ4v) is 1.87. The zero-order valence-corrected chi connectivity index (χ0v) is 11.7. The molecule has 0 aliphatic rings. The molecule has 102 valence electrons. The van der Waals surface area contributed by atoms with Gasteiger partial charge in [-0.1, -0.05) is 38.0 Å². The Morgan fingerprint density at radius 1 is 1.17 bits per heavy atom. The Hall–Kier alpha value is -1.06. The first-order chi connectivity index (χ1) is 8.77.